The predicted octanol–water partition coefficient (Wildman–Crippen LogP) is 1.11. The lowest BCUT2D eigenvalue weighted by Gasteiger charge is -2.14. The number of nitrogens with two attached hydrogens (primary N) is 1. The maximum Gasteiger partial charge on any atom is 0.410 e. The van der Waals surface area contributed by atoms with Crippen LogP contribution in [0.3, 0.4) is 0 Å². The summed E-state index contributed by atoms with van der Waals surface area (Å²) >= 11 is 0. The molecule has 92 valence electrons. The van der Waals surface area contributed by atoms with Gasteiger partial charge in [0.2, 0.25) is 0 Å². The van der Waals surface area contributed by atoms with Gasteiger partial charge in [0.15, 0.2) is 0 Å². The van der Waals surface area contributed by atoms with Crippen LogP contribution in [0.25, 0.3) is 0 Å². The molecule has 0 radical (unpaired) electrons. The quantitative estimate of drug-likeness (QED) is 0.850. The van der Waals surface area contributed by atoms with Gasteiger partial charge in [-0.1, -0.05) is 12.1 Å². The highest BCUT2D eigenvalue weighted by atomic mass is 16.6. The molecule has 1 saturated heterocycles. The van der Waals surface area contributed by atoms with E-state index in [0.717, 1.165) is 16.9 Å². The molecule has 17 heavy (non-hydrogen) atoms. The number of nitrogens with zero attached hydrogens (tertiary/aromatic N) is 1. The number of amides is 1. The zero-order valence-corrected chi connectivity index (χ0v) is 9.81. The molecule has 1 amide bonds. The number of hydrogen-bond acceptors (Lipinski definition) is 4. The minimum atomic E-state index is -0.258. The molecular formula is C12H16N2O3. The molecule has 2 N–H and O–H groups in total. The lowest BCUT2D eigenvalue weighted by atomic mass is 10.1. The van der Waals surface area contributed by atoms with E-state index in [1.165, 1.54) is 0 Å². The van der Waals surface area contributed by atoms with E-state index in [2.05, 4.69) is 0 Å². The first kappa shape index (κ1) is 11.7. The van der Waals surface area contributed by atoms with Crippen molar-refractivity contribution in [3.63, 3.8) is 0 Å². The number of ether oxygens (including phenoxy) is 2. The number of carbonyl (C=O) groups is 1. The smallest absolute Gasteiger partial charge is 0.410 e. The van der Waals surface area contributed by atoms with Crippen molar-refractivity contribution in [2.24, 2.45) is 5.73 Å². The van der Waals surface area contributed by atoms with Crippen LogP contribution in [0.15, 0.2) is 18.2 Å². The number of hydrogen-bond donors (Lipinski definition) is 1. The van der Waals surface area contributed by atoms with Gasteiger partial charge in [-0.25, -0.2) is 4.79 Å². The van der Waals surface area contributed by atoms with Crippen LogP contribution >= 0.6 is 0 Å². The zero-order valence-electron chi connectivity index (χ0n) is 9.81. The van der Waals surface area contributed by atoms with Crippen molar-refractivity contribution >= 4 is 6.09 Å². The van der Waals surface area contributed by atoms with Gasteiger partial charge in [0.05, 0.1) is 13.7 Å². The highest BCUT2D eigenvalue weighted by molar-refractivity contribution is 5.69. The van der Waals surface area contributed by atoms with Crippen LogP contribution < -0.4 is 10.5 Å². The second kappa shape index (κ2) is 5.05. The summed E-state index contributed by atoms with van der Waals surface area (Å²) in [5.41, 5.74) is 7.57. The summed E-state index contributed by atoms with van der Waals surface area (Å²) < 4.78 is 10.1. The number of benzene rings is 1. The van der Waals surface area contributed by atoms with Gasteiger partial charge in [-0.2, -0.15) is 0 Å². The van der Waals surface area contributed by atoms with E-state index in [0.29, 0.717) is 26.2 Å². The van der Waals surface area contributed by atoms with Crippen LogP contribution in [0.1, 0.15) is 11.1 Å². The van der Waals surface area contributed by atoms with Gasteiger partial charge in [0.1, 0.15) is 12.4 Å². The topological polar surface area (TPSA) is 64.8 Å². The van der Waals surface area contributed by atoms with E-state index in [1.54, 1.807) is 12.0 Å². The molecule has 1 fully saturated rings. The summed E-state index contributed by atoms with van der Waals surface area (Å²) in [5, 5.41) is 0. The number of cyclic esters (lactones) is 1. The minimum absolute atomic E-state index is 0.258. The second-order valence-electron chi connectivity index (χ2n) is 3.89. The monoisotopic (exact) mass is 236 g/mol. The van der Waals surface area contributed by atoms with Crippen molar-refractivity contribution in [2.75, 3.05) is 20.3 Å². The van der Waals surface area contributed by atoms with E-state index in [-0.39, 0.29) is 6.09 Å². The summed E-state index contributed by atoms with van der Waals surface area (Å²) in [5.74, 6) is 0.762. The van der Waals surface area contributed by atoms with Crippen molar-refractivity contribution in [1.29, 1.82) is 0 Å². The average molecular weight is 236 g/mol. The zero-order chi connectivity index (χ0) is 12.3. The predicted molar refractivity (Wildman–Crippen MR) is 62.6 cm³/mol. The highest BCUT2D eigenvalue weighted by Crippen LogP contribution is 2.21. The van der Waals surface area contributed by atoms with Gasteiger partial charge in [0.25, 0.3) is 0 Å². The van der Waals surface area contributed by atoms with Crippen molar-refractivity contribution in [2.45, 2.75) is 13.1 Å². The van der Waals surface area contributed by atoms with Crippen LogP contribution in [0, 0.1) is 0 Å². The molecule has 5 heteroatoms. The molecule has 0 aliphatic carbocycles. The van der Waals surface area contributed by atoms with E-state index in [4.69, 9.17) is 15.2 Å². The largest absolute Gasteiger partial charge is 0.496 e. The summed E-state index contributed by atoms with van der Waals surface area (Å²) in [7, 11) is 1.61. The molecule has 0 unspecified atom stereocenters. The molecule has 5 nitrogen and oxygen atoms in total. The molecule has 0 bridgehead atoms. The van der Waals surface area contributed by atoms with E-state index in [9.17, 15) is 4.79 Å². The van der Waals surface area contributed by atoms with Gasteiger partial charge < -0.3 is 20.1 Å². The van der Waals surface area contributed by atoms with Crippen molar-refractivity contribution in [1.82, 2.24) is 4.90 Å². The Hall–Kier alpha value is -1.75. The first-order valence-corrected chi connectivity index (χ1v) is 5.52. The third kappa shape index (κ3) is 2.50. The SMILES string of the molecule is COc1cc(CN2CCOC2=O)ccc1CN. The maximum atomic E-state index is 11.3. The van der Waals surface area contributed by atoms with Crippen LogP contribution in [0.5, 0.6) is 5.75 Å². The lowest BCUT2D eigenvalue weighted by Crippen LogP contribution is -2.23. The molecule has 1 aliphatic heterocycles. The van der Waals surface area contributed by atoms with Gasteiger partial charge in [-0.3, -0.25) is 0 Å². The van der Waals surface area contributed by atoms with E-state index >= 15 is 0 Å². The fourth-order valence-corrected chi connectivity index (χ4v) is 1.85. The van der Waals surface area contributed by atoms with Crippen LogP contribution in [-0.2, 0) is 17.8 Å². The molecule has 0 aromatic heterocycles. The third-order valence-corrected chi connectivity index (χ3v) is 2.79. The summed E-state index contributed by atoms with van der Waals surface area (Å²) in [6, 6.07) is 5.79. The van der Waals surface area contributed by atoms with Gasteiger partial charge >= 0.3 is 6.09 Å². The summed E-state index contributed by atoms with van der Waals surface area (Å²) in [6.45, 7) is 2.09. The first-order chi connectivity index (χ1) is 8.24. The van der Waals surface area contributed by atoms with Crippen molar-refractivity contribution in [3.8, 4) is 5.75 Å². The Labute approximate surface area is 100 Å². The molecule has 0 saturated carbocycles. The highest BCUT2D eigenvalue weighted by Gasteiger charge is 2.21. The van der Waals surface area contributed by atoms with Gasteiger partial charge in [0, 0.05) is 18.7 Å². The molecule has 1 aromatic rings. The third-order valence-electron chi connectivity index (χ3n) is 2.79. The second-order valence-corrected chi connectivity index (χ2v) is 3.89. The van der Waals surface area contributed by atoms with Gasteiger partial charge in [-0.05, 0) is 11.6 Å². The first-order valence-electron chi connectivity index (χ1n) is 5.52. The fourth-order valence-electron chi connectivity index (χ4n) is 1.85. The molecule has 1 aliphatic rings. The molecule has 0 atom stereocenters. The Kier molecular flexibility index (Phi) is 3.49. The number of methoxy groups -OCH3 is 1. The lowest BCUT2D eigenvalue weighted by molar-refractivity contribution is 0.157. The Morgan fingerprint density at radius 1 is 1.53 bits per heavy atom. The Morgan fingerprint density at radius 3 is 2.94 bits per heavy atom. The fraction of sp³-hybridized carbons (Fsp3) is 0.417. The average Bonchev–Trinajstić information content (AvgIpc) is 2.75. The molecule has 0 spiro atoms. The van der Waals surface area contributed by atoms with Gasteiger partial charge in [-0.15, -0.1) is 0 Å². The number of rotatable bonds is 4. The molecular weight excluding hydrogens is 220 g/mol. The van der Waals surface area contributed by atoms with Crippen molar-refractivity contribution < 1.29 is 14.3 Å². The van der Waals surface area contributed by atoms with E-state index < -0.39 is 0 Å². The molecule has 2 rings (SSSR count). The maximum absolute atomic E-state index is 11.3. The van der Waals surface area contributed by atoms with Crippen LogP contribution in [-0.4, -0.2) is 31.3 Å². The standard InChI is InChI=1S/C12H16N2O3/c1-16-11-6-9(2-3-10(11)7-13)8-14-4-5-17-12(14)15/h2-3,6H,4-5,7-8,13H2,1H3. The Balaban J connectivity index is 2.13. The minimum Gasteiger partial charge on any atom is -0.496 e. The summed E-state index contributed by atoms with van der Waals surface area (Å²) in [6.07, 6.45) is -0.258. The Bertz CT molecular complexity index is 420. The van der Waals surface area contributed by atoms with Crippen LogP contribution in [0.4, 0.5) is 4.79 Å². The van der Waals surface area contributed by atoms with Crippen LogP contribution in [0.2, 0.25) is 0 Å². The van der Waals surface area contributed by atoms with Crippen molar-refractivity contribution in [3.05, 3.63) is 29.3 Å². The summed E-state index contributed by atoms with van der Waals surface area (Å²) in [4.78, 5) is 13.0. The van der Waals surface area contributed by atoms with E-state index in [1.807, 2.05) is 18.2 Å². The molecule has 1 aromatic carbocycles. The molecule has 1 heterocycles. The Morgan fingerprint density at radius 2 is 2.35 bits per heavy atom. The normalized spacial score (nSPS) is 14.9. The number of carbonyl (C=O) groups excluding carboxylic acids is 1.